The van der Waals surface area contributed by atoms with Gasteiger partial charge in [-0.3, -0.25) is 9.00 Å². The second kappa shape index (κ2) is 6.48. The van der Waals surface area contributed by atoms with Crippen molar-refractivity contribution in [1.82, 2.24) is 0 Å². The first-order chi connectivity index (χ1) is 11.5. The second-order valence-electron chi connectivity index (χ2n) is 8.02. The first-order valence-electron chi connectivity index (χ1n) is 8.54. The van der Waals surface area contributed by atoms with Crippen molar-refractivity contribution in [3.8, 4) is 0 Å². The fourth-order valence-corrected chi connectivity index (χ4v) is 5.77. The number of carbonyl (C=O) groups excluding carboxylic acids is 1. The van der Waals surface area contributed by atoms with Gasteiger partial charge in [0.05, 0.1) is 19.4 Å². The zero-order valence-corrected chi connectivity index (χ0v) is 14.5. The van der Waals surface area contributed by atoms with E-state index in [1.807, 2.05) is 0 Å². The Morgan fingerprint density at radius 2 is 1.56 bits per heavy atom. The third kappa shape index (κ3) is 3.72. The van der Waals surface area contributed by atoms with Crippen LogP contribution in [0.1, 0.15) is 51.4 Å². The van der Waals surface area contributed by atoms with E-state index in [0.717, 1.165) is 19.3 Å². The highest BCUT2D eigenvalue weighted by atomic mass is 32.2. The lowest BCUT2D eigenvalue weighted by Gasteiger charge is -2.56. The van der Waals surface area contributed by atoms with Crippen LogP contribution in [0.25, 0.3) is 0 Å². The van der Waals surface area contributed by atoms with Crippen LogP contribution >= 0.6 is 0 Å². The number of hydrogen-bond acceptors (Lipinski definition) is 4. The maximum Gasteiger partial charge on any atom is 0.371 e. The molecule has 0 heterocycles. The Balaban J connectivity index is 1.50. The minimum Gasteiger partial charge on any atom is -0.768 e. The molecule has 4 fully saturated rings. The second-order valence-corrected chi connectivity index (χ2v) is 9.00. The number of halogens is 4. The van der Waals surface area contributed by atoms with Gasteiger partial charge in [0.2, 0.25) is 0 Å². The minimum atomic E-state index is -5.18. The molecule has 4 bridgehead atoms. The molecule has 0 aromatic rings. The normalized spacial score (nSPS) is 35.6. The van der Waals surface area contributed by atoms with E-state index in [0.29, 0.717) is 17.8 Å². The van der Waals surface area contributed by atoms with Crippen molar-refractivity contribution in [3.63, 3.8) is 0 Å². The smallest absolute Gasteiger partial charge is 0.371 e. The number of rotatable bonds is 7. The van der Waals surface area contributed by atoms with Crippen LogP contribution in [0.5, 0.6) is 0 Å². The molecule has 25 heavy (non-hydrogen) atoms. The number of ether oxygens (including phenoxy) is 1. The first kappa shape index (κ1) is 19.1. The van der Waals surface area contributed by atoms with Gasteiger partial charge in [-0.15, -0.1) is 0 Å². The van der Waals surface area contributed by atoms with E-state index in [4.69, 9.17) is 4.74 Å². The molecular weight excluding hydrogens is 364 g/mol. The lowest BCUT2D eigenvalue weighted by Crippen LogP contribution is -2.47. The van der Waals surface area contributed by atoms with Crippen LogP contribution in [0.4, 0.5) is 17.6 Å². The van der Waals surface area contributed by atoms with Crippen LogP contribution in [0.2, 0.25) is 0 Å². The maximum atomic E-state index is 13.3. The van der Waals surface area contributed by atoms with Crippen molar-refractivity contribution in [3.05, 3.63) is 0 Å². The van der Waals surface area contributed by atoms with Gasteiger partial charge in [-0.1, -0.05) is 0 Å². The summed E-state index contributed by atoms with van der Waals surface area (Å²) >= 11 is -4.24. The van der Waals surface area contributed by atoms with Gasteiger partial charge in [0.15, 0.2) is 0 Å². The standard InChI is InChI=1S/C16H22F4O4S/c17-15(18,16(19,20)25(22)23)1-2-24-13(21)9-14-6-10-3-11(7-14)5-12(4-10)8-14/h10-12H,1-9H2,(H,22,23)/p-1. The van der Waals surface area contributed by atoms with Gasteiger partial charge in [-0.05, 0) is 61.7 Å². The fraction of sp³-hybridized carbons (Fsp3) is 0.938. The lowest BCUT2D eigenvalue weighted by atomic mass is 9.49. The highest BCUT2D eigenvalue weighted by Gasteiger charge is 2.57. The van der Waals surface area contributed by atoms with Crippen molar-refractivity contribution in [2.75, 3.05) is 6.61 Å². The van der Waals surface area contributed by atoms with Crippen molar-refractivity contribution in [2.24, 2.45) is 23.2 Å². The van der Waals surface area contributed by atoms with E-state index in [9.17, 15) is 31.1 Å². The van der Waals surface area contributed by atoms with E-state index in [1.165, 1.54) is 19.3 Å². The van der Waals surface area contributed by atoms with Gasteiger partial charge in [0, 0.05) is 11.1 Å². The Bertz CT molecular complexity index is 531. The molecule has 1 unspecified atom stereocenters. The number of esters is 1. The van der Waals surface area contributed by atoms with Crippen LogP contribution in [0.3, 0.4) is 0 Å². The van der Waals surface area contributed by atoms with Gasteiger partial charge in [-0.25, -0.2) is 0 Å². The summed E-state index contributed by atoms with van der Waals surface area (Å²) in [7, 11) is 0. The van der Waals surface area contributed by atoms with E-state index in [2.05, 4.69) is 0 Å². The Labute approximate surface area is 146 Å². The summed E-state index contributed by atoms with van der Waals surface area (Å²) in [5, 5.41) is -5.18. The van der Waals surface area contributed by atoms with Crippen LogP contribution in [0, 0.1) is 23.2 Å². The molecule has 4 saturated carbocycles. The quantitative estimate of drug-likeness (QED) is 0.381. The molecule has 4 rings (SSSR count). The van der Waals surface area contributed by atoms with E-state index >= 15 is 0 Å². The van der Waals surface area contributed by atoms with Crippen LogP contribution < -0.4 is 0 Å². The Morgan fingerprint density at radius 3 is 2.00 bits per heavy atom. The molecule has 144 valence electrons. The lowest BCUT2D eigenvalue weighted by molar-refractivity contribution is -0.174. The van der Waals surface area contributed by atoms with Crippen LogP contribution in [-0.4, -0.2) is 32.5 Å². The van der Waals surface area contributed by atoms with Gasteiger partial charge < -0.3 is 9.29 Å². The van der Waals surface area contributed by atoms with Crippen molar-refractivity contribution >= 4 is 17.0 Å². The van der Waals surface area contributed by atoms with E-state index < -0.39 is 41.3 Å². The molecule has 0 aromatic heterocycles. The van der Waals surface area contributed by atoms with E-state index in [-0.39, 0.29) is 11.8 Å². The SMILES string of the molecule is O=C(CC12CC3CC(CC(C3)C1)C2)OCCC(F)(F)C(F)(F)S(=O)[O-]. The van der Waals surface area contributed by atoms with Crippen molar-refractivity contribution in [1.29, 1.82) is 0 Å². The van der Waals surface area contributed by atoms with Gasteiger partial charge in [0.1, 0.15) is 0 Å². The van der Waals surface area contributed by atoms with Gasteiger partial charge in [-0.2, -0.15) is 17.6 Å². The molecule has 9 heteroatoms. The molecule has 0 radical (unpaired) electrons. The first-order valence-corrected chi connectivity index (χ1v) is 9.61. The topological polar surface area (TPSA) is 66.4 Å². The van der Waals surface area contributed by atoms with Gasteiger partial charge >= 0.3 is 17.1 Å². The highest BCUT2D eigenvalue weighted by molar-refractivity contribution is 7.80. The van der Waals surface area contributed by atoms with Crippen molar-refractivity contribution in [2.45, 2.75) is 62.5 Å². The minimum absolute atomic E-state index is 0.130. The molecule has 1 atom stereocenters. The average molecular weight is 385 g/mol. The summed E-state index contributed by atoms with van der Waals surface area (Å²) in [6.45, 7) is -0.926. The zero-order valence-electron chi connectivity index (χ0n) is 13.6. The molecule has 0 aliphatic heterocycles. The Morgan fingerprint density at radius 1 is 1.08 bits per heavy atom. The molecular formula is C16H21F4O4S-. The third-order valence-electron chi connectivity index (χ3n) is 6.00. The zero-order chi connectivity index (χ0) is 18.5. The van der Waals surface area contributed by atoms with Gasteiger partial charge in [0.25, 0.3) is 0 Å². The third-order valence-corrected chi connectivity index (χ3v) is 6.72. The van der Waals surface area contributed by atoms with Crippen LogP contribution in [0.15, 0.2) is 0 Å². The maximum absolute atomic E-state index is 13.3. The summed E-state index contributed by atoms with van der Waals surface area (Å²) in [5.41, 5.74) is -0.130. The van der Waals surface area contributed by atoms with E-state index in [1.54, 1.807) is 0 Å². The summed E-state index contributed by atoms with van der Waals surface area (Å²) < 4.78 is 77.7. The largest absolute Gasteiger partial charge is 0.768 e. The Hall–Kier alpha value is -0.700. The highest BCUT2D eigenvalue weighted by Crippen LogP contribution is 2.61. The number of hydrogen-bond donors (Lipinski definition) is 0. The predicted molar refractivity (Wildman–Crippen MR) is 79.6 cm³/mol. The summed E-state index contributed by atoms with van der Waals surface area (Å²) in [4.78, 5) is 12.0. The molecule has 0 amide bonds. The molecule has 0 saturated heterocycles. The van der Waals surface area contributed by atoms with Crippen molar-refractivity contribution < 1.29 is 35.9 Å². The average Bonchev–Trinajstić information content (AvgIpc) is 2.44. The molecule has 0 N–H and O–H groups in total. The predicted octanol–water partition coefficient (Wildman–Crippen LogP) is 3.63. The molecule has 4 aliphatic rings. The fourth-order valence-electron chi connectivity index (χ4n) is 5.42. The monoisotopic (exact) mass is 385 g/mol. The number of carbonyl (C=O) groups is 1. The summed E-state index contributed by atoms with van der Waals surface area (Å²) in [6.07, 6.45) is 5.02. The summed E-state index contributed by atoms with van der Waals surface area (Å²) in [5.74, 6) is -3.58. The molecule has 0 aromatic carbocycles. The van der Waals surface area contributed by atoms with Crippen LogP contribution in [-0.2, 0) is 20.6 Å². The molecule has 4 nitrogen and oxygen atoms in total. The Kier molecular flexibility index (Phi) is 4.94. The summed E-state index contributed by atoms with van der Waals surface area (Å²) in [6, 6.07) is 0. The molecule has 4 aliphatic carbocycles. The molecule has 0 spiro atoms. The number of alkyl halides is 4.